The quantitative estimate of drug-likeness (QED) is 0.0511. The van der Waals surface area contributed by atoms with Crippen LogP contribution in [0, 0.1) is 29.6 Å². The molecule has 0 fully saturated rings. The first-order chi connectivity index (χ1) is 18.7. The molecule has 0 amide bonds. The molecule has 41 heavy (non-hydrogen) atoms. The second-order valence-corrected chi connectivity index (χ2v) is 18.4. The average molecular weight is 617 g/mol. The van der Waals surface area contributed by atoms with Gasteiger partial charge in [0.2, 0.25) is 0 Å². The summed E-state index contributed by atoms with van der Waals surface area (Å²) in [6.07, 6.45) is 1.06. The van der Waals surface area contributed by atoms with Gasteiger partial charge in [0, 0.05) is 33.0 Å². The van der Waals surface area contributed by atoms with Gasteiger partial charge in [0.1, 0.15) is 12.9 Å². The minimum Gasteiger partial charge on any atom is -0.438 e. The van der Waals surface area contributed by atoms with Crippen molar-refractivity contribution in [1.29, 1.82) is 0 Å². The van der Waals surface area contributed by atoms with E-state index in [2.05, 4.69) is 68.9 Å². The van der Waals surface area contributed by atoms with Crippen LogP contribution < -0.4 is 0 Å². The number of carbonyl (C=O) groups is 1. The monoisotopic (exact) mass is 616 g/mol. The first kappa shape index (κ1) is 39.1. The third-order valence-electron chi connectivity index (χ3n) is 6.95. The van der Waals surface area contributed by atoms with E-state index in [0.29, 0.717) is 13.0 Å². The maximum atomic E-state index is 12.0. The van der Waals surface area contributed by atoms with Crippen LogP contribution in [0.25, 0.3) is 0 Å². The molecule has 0 heterocycles. The summed E-state index contributed by atoms with van der Waals surface area (Å²) < 4.78 is 54.9. The Hall–Kier alpha value is -1.86. The van der Waals surface area contributed by atoms with Gasteiger partial charge in [-0.15, -0.1) is 0 Å². The molecule has 0 aromatic rings. The molecule has 0 aliphatic rings. The highest BCUT2D eigenvalue weighted by Gasteiger charge is 2.37. The highest BCUT2D eigenvalue weighted by molar-refractivity contribution is 7.86. The third kappa shape index (κ3) is 17.6. The molecule has 0 radical (unpaired) electrons. The Labute approximate surface area is 250 Å². The molecule has 0 rings (SSSR count). The summed E-state index contributed by atoms with van der Waals surface area (Å²) in [5.41, 5.74) is 0.156. The molecule has 236 valence electrons. The van der Waals surface area contributed by atoms with Gasteiger partial charge in [-0.05, 0) is 57.7 Å². The molecule has 0 aliphatic heterocycles. The van der Waals surface area contributed by atoms with E-state index >= 15 is 0 Å². The van der Waals surface area contributed by atoms with E-state index in [1.165, 1.54) is 21.1 Å². The van der Waals surface area contributed by atoms with E-state index in [0.717, 1.165) is 24.7 Å². The van der Waals surface area contributed by atoms with Crippen LogP contribution in [0.5, 0.6) is 0 Å². The number of rotatable bonds is 16. The van der Waals surface area contributed by atoms with Gasteiger partial charge < -0.3 is 23.4 Å². The van der Waals surface area contributed by atoms with Gasteiger partial charge in [-0.25, -0.2) is 4.79 Å². The first-order valence-corrected chi connectivity index (χ1v) is 18.5. The van der Waals surface area contributed by atoms with Crippen molar-refractivity contribution in [3.05, 3.63) is 12.2 Å². The lowest BCUT2D eigenvalue weighted by atomic mass is 9.92. The maximum absolute atomic E-state index is 12.0. The summed E-state index contributed by atoms with van der Waals surface area (Å²) in [7, 11) is -2.74. The molecule has 0 bridgehead atoms. The maximum Gasteiger partial charge on any atom is 0.509 e. The largest absolute Gasteiger partial charge is 0.509 e. The van der Waals surface area contributed by atoms with E-state index in [4.69, 9.17) is 22.8 Å². The van der Waals surface area contributed by atoms with Crippen molar-refractivity contribution < 1.29 is 40.8 Å². The van der Waals surface area contributed by atoms with Gasteiger partial charge >= 0.3 is 6.16 Å². The Morgan fingerprint density at radius 2 is 1.68 bits per heavy atom. The number of allylic oxidation sites excluding steroid dienone is 1. The summed E-state index contributed by atoms with van der Waals surface area (Å²) in [6.45, 7) is 21.3. The minimum absolute atomic E-state index is 0.0246. The number of carbonyl (C=O) groups excluding carboxylic acids is 1. The summed E-state index contributed by atoms with van der Waals surface area (Å²) in [4.78, 5) is 12.0. The van der Waals surface area contributed by atoms with Crippen LogP contribution in [-0.4, -0.2) is 74.6 Å². The van der Waals surface area contributed by atoms with Crippen LogP contribution in [0.1, 0.15) is 73.6 Å². The summed E-state index contributed by atoms with van der Waals surface area (Å²) >= 11 is 0. The van der Waals surface area contributed by atoms with Crippen LogP contribution in [0.2, 0.25) is 18.1 Å². The van der Waals surface area contributed by atoms with E-state index in [-0.39, 0.29) is 30.6 Å². The SMILES string of the molecule is C=C(C)[C@@H](CCC#CC(CC(C)(CC#CC(C)OS(C)(=O)=O)OCOC)OC(=O)OC)CCO[Si](C)(C)C(C)(C)C. The fraction of sp³-hybridized carbons (Fsp3) is 0.767. The Balaban J connectivity index is 5.52. The zero-order valence-corrected chi connectivity index (χ0v) is 28.8. The number of hydrogen-bond acceptors (Lipinski definition) is 9. The molecule has 3 unspecified atom stereocenters. The Morgan fingerprint density at radius 3 is 2.20 bits per heavy atom. The molecule has 0 aliphatic carbocycles. The van der Waals surface area contributed by atoms with Gasteiger partial charge in [0.25, 0.3) is 10.1 Å². The van der Waals surface area contributed by atoms with E-state index in [9.17, 15) is 13.2 Å². The number of methoxy groups -OCH3 is 2. The van der Waals surface area contributed by atoms with Crippen molar-refractivity contribution in [3.8, 4) is 23.7 Å². The van der Waals surface area contributed by atoms with Crippen LogP contribution >= 0.6 is 0 Å². The van der Waals surface area contributed by atoms with Crippen molar-refractivity contribution in [1.82, 2.24) is 0 Å². The predicted octanol–water partition coefficient (Wildman–Crippen LogP) is 6.05. The third-order valence-corrected chi connectivity index (χ3v) is 12.1. The number of ether oxygens (including phenoxy) is 4. The fourth-order valence-corrected chi connectivity index (χ4v) is 5.11. The van der Waals surface area contributed by atoms with Crippen LogP contribution in [0.3, 0.4) is 0 Å². The molecule has 0 saturated carbocycles. The standard InChI is InChI=1S/C30H52O9SSi/c1-24(2)26(19-21-37-41(11,12)29(4,5)6)17-13-14-18-27(38-28(31)35-9)22-30(7,36-23-34-8)20-15-16-25(3)39-40(10,32)33/h25-27H,1,13,17,19-23H2,2-12H3/t25?,26-,27?,30?/m0/s1. The molecule has 11 heteroatoms. The van der Waals surface area contributed by atoms with E-state index < -0.39 is 42.4 Å². The lowest BCUT2D eigenvalue weighted by Gasteiger charge is -2.36. The molecule has 0 N–H and O–H groups in total. The van der Waals surface area contributed by atoms with Crippen LogP contribution in [0.4, 0.5) is 4.79 Å². The Kier molecular flexibility index (Phi) is 17.1. The van der Waals surface area contributed by atoms with Crippen molar-refractivity contribution in [2.75, 3.05) is 33.9 Å². The molecule has 0 saturated heterocycles. The summed E-state index contributed by atoms with van der Waals surface area (Å²) in [6, 6.07) is 0. The highest BCUT2D eigenvalue weighted by Crippen LogP contribution is 2.37. The van der Waals surface area contributed by atoms with Gasteiger partial charge in [-0.1, -0.05) is 56.6 Å². The minimum atomic E-state index is -3.64. The average Bonchev–Trinajstić information content (AvgIpc) is 2.81. The Morgan fingerprint density at radius 1 is 1.05 bits per heavy atom. The first-order valence-electron chi connectivity index (χ1n) is 13.8. The van der Waals surface area contributed by atoms with Gasteiger partial charge in [0.05, 0.1) is 19.0 Å². The lowest BCUT2D eigenvalue weighted by molar-refractivity contribution is -0.132. The molecular weight excluding hydrogens is 564 g/mol. The second kappa shape index (κ2) is 17.9. The van der Waals surface area contributed by atoms with E-state index in [1.54, 1.807) is 6.92 Å². The van der Waals surface area contributed by atoms with Crippen molar-refractivity contribution in [2.45, 2.75) is 110 Å². The number of hydrogen-bond donors (Lipinski definition) is 0. The highest BCUT2D eigenvalue weighted by atomic mass is 32.2. The van der Waals surface area contributed by atoms with Gasteiger partial charge in [0.15, 0.2) is 14.4 Å². The molecule has 9 nitrogen and oxygen atoms in total. The topological polar surface area (TPSA) is 107 Å². The van der Waals surface area contributed by atoms with Gasteiger partial charge in [-0.3, -0.25) is 4.18 Å². The van der Waals surface area contributed by atoms with Gasteiger partial charge in [-0.2, -0.15) is 8.42 Å². The predicted molar refractivity (Wildman–Crippen MR) is 164 cm³/mol. The second-order valence-electron chi connectivity index (χ2n) is 12.0. The normalized spacial score (nSPS) is 15.7. The van der Waals surface area contributed by atoms with Crippen LogP contribution in [0.15, 0.2) is 12.2 Å². The molecule has 0 spiro atoms. The molecule has 4 atom stereocenters. The van der Waals surface area contributed by atoms with Crippen LogP contribution in [-0.2, 0) is 37.7 Å². The smallest absolute Gasteiger partial charge is 0.438 e. The van der Waals surface area contributed by atoms with Crippen molar-refractivity contribution >= 4 is 24.6 Å². The molecule has 0 aromatic heterocycles. The summed E-state index contributed by atoms with van der Waals surface area (Å²) in [5, 5.41) is 0.154. The zero-order valence-electron chi connectivity index (χ0n) is 27.0. The summed E-state index contributed by atoms with van der Waals surface area (Å²) in [5.74, 6) is 12.1. The van der Waals surface area contributed by atoms with E-state index in [1.807, 2.05) is 6.92 Å². The molecule has 0 aromatic carbocycles. The van der Waals surface area contributed by atoms with Crippen molar-refractivity contribution in [3.63, 3.8) is 0 Å². The zero-order chi connectivity index (χ0) is 31.9. The Bertz CT molecular complexity index is 1060. The fourth-order valence-electron chi connectivity index (χ4n) is 3.47. The molecular formula is C30H52O9SSi. The lowest BCUT2D eigenvalue weighted by Crippen LogP contribution is -2.41. The van der Waals surface area contributed by atoms with Crippen molar-refractivity contribution in [2.24, 2.45) is 5.92 Å².